The molecular weight excluding hydrogens is 338 g/mol. The topological polar surface area (TPSA) is 37.8 Å². The highest BCUT2D eigenvalue weighted by Gasteiger charge is 2.20. The Morgan fingerprint density at radius 2 is 1.92 bits per heavy atom. The fourth-order valence-corrected chi connectivity index (χ4v) is 4.89. The molecule has 0 saturated carbocycles. The summed E-state index contributed by atoms with van der Waals surface area (Å²) in [5, 5.41) is 5.01. The van der Waals surface area contributed by atoms with Gasteiger partial charge >= 0.3 is 0 Å². The van der Waals surface area contributed by atoms with Crippen LogP contribution in [0.4, 0.5) is 11.5 Å². The largest absolute Gasteiger partial charge is 0.339 e. The standard InChI is InChI=1S/C19H20ClN3S/c1-11-7-6-9-14(12(11)2)21-17-16-13-8-4-3-5-10-15(13)24-18(16)23-19(20)22-17/h6-7,9H,3-5,8,10H2,1-2H3,(H,21,22,23). The smallest absolute Gasteiger partial charge is 0.225 e. The summed E-state index contributed by atoms with van der Waals surface area (Å²) in [4.78, 5) is 11.5. The molecule has 3 nitrogen and oxygen atoms in total. The van der Waals surface area contributed by atoms with Gasteiger partial charge < -0.3 is 5.32 Å². The number of fused-ring (bicyclic) bond motifs is 3. The lowest BCUT2D eigenvalue weighted by Crippen LogP contribution is -2.00. The van der Waals surface area contributed by atoms with Crippen LogP contribution < -0.4 is 5.32 Å². The molecule has 0 bridgehead atoms. The van der Waals surface area contributed by atoms with Crippen molar-refractivity contribution >= 4 is 44.7 Å². The summed E-state index contributed by atoms with van der Waals surface area (Å²) in [7, 11) is 0. The van der Waals surface area contributed by atoms with Gasteiger partial charge in [0.15, 0.2) is 0 Å². The number of hydrogen-bond acceptors (Lipinski definition) is 4. The van der Waals surface area contributed by atoms with Gasteiger partial charge in [-0.15, -0.1) is 11.3 Å². The van der Waals surface area contributed by atoms with Crippen LogP contribution in [0.2, 0.25) is 5.28 Å². The summed E-state index contributed by atoms with van der Waals surface area (Å²) in [6, 6.07) is 6.29. The van der Waals surface area contributed by atoms with E-state index >= 15 is 0 Å². The van der Waals surface area contributed by atoms with Crippen LogP contribution in [-0.2, 0) is 12.8 Å². The van der Waals surface area contributed by atoms with E-state index in [0.29, 0.717) is 5.28 Å². The van der Waals surface area contributed by atoms with E-state index in [2.05, 4.69) is 47.3 Å². The minimum Gasteiger partial charge on any atom is -0.339 e. The van der Waals surface area contributed by atoms with Crippen LogP contribution in [0.25, 0.3) is 10.2 Å². The Balaban J connectivity index is 1.88. The van der Waals surface area contributed by atoms with Gasteiger partial charge in [-0.1, -0.05) is 18.6 Å². The number of aromatic nitrogens is 2. The first-order valence-corrected chi connectivity index (χ1v) is 9.64. The second-order valence-corrected chi connectivity index (χ2v) is 7.88. The van der Waals surface area contributed by atoms with Gasteiger partial charge in [-0.25, -0.2) is 4.98 Å². The van der Waals surface area contributed by atoms with Crippen molar-refractivity contribution in [3.05, 3.63) is 45.1 Å². The van der Waals surface area contributed by atoms with Crippen LogP contribution in [0.15, 0.2) is 18.2 Å². The van der Waals surface area contributed by atoms with Crippen molar-refractivity contribution in [2.24, 2.45) is 0 Å². The van der Waals surface area contributed by atoms with E-state index in [0.717, 1.165) is 29.2 Å². The molecule has 3 aromatic rings. The first-order valence-electron chi connectivity index (χ1n) is 8.44. The van der Waals surface area contributed by atoms with E-state index in [-0.39, 0.29) is 0 Å². The number of aryl methyl sites for hydroxylation is 3. The third kappa shape index (κ3) is 2.78. The zero-order chi connectivity index (χ0) is 16.7. The van der Waals surface area contributed by atoms with Crippen molar-refractivity contribution in [2.75, 3.05) is 5.32 Å². The molecule has 0 unspecified atom stereocenters. The van der Waals surface area contributed by atoms with E-state index in [1.807, 2.05) is 0 Å². The average molecular weight is 358 g/mol. The summed E-state index contributed by atoms with van der Waals surface area (Å²) in [5.41, 5.74) is 5.01. The van der Waals surface area contributed by atoms with Gasteiger partial charge in [0, 0.05) is 10.6 Å². The highest BCUT2D eigenvalue weighted by Crippen LogP contribution is 2.39. The molecule has 0 aliphatic heterocycles. The average Bonchev–Trinajstić information content (AvgIpc) is 2.73. The van der Waals surface area contributed by atoms with Crippen LogP contribution in [0.5, 0.6) is 0 Å². The van der Waals surface area contributed by atoms with Crippen LogP contribution in [0.3, 0.4) is 0 Å². The second-order valence-electron chi connectivity index (χ2n) is 6.46. The molecule has 1 N–H and O–H groups in total. The Hall–Kier alpha value is -1.65. The molecule has 1 aromatic carbocycles. The van der Waals surface area contributed by atoms with Crippen molar-refractivity contribution in [2.45, 2.75) is 46.0 Å². The number of thiophene rings is 1. The lowest BCUT2D eigenvalue weighted by Gasteiger charge is -2.12. The Morgan fingerprint density at radius 1 is 1.08 bits per heavy atom. The summed E-state index contributed by atoms with van der Waals surface area (Å²) < 4.78 is 0. The zero-order valence-corrected chi connectivity index (χ0v) is 15.5. The molecule has 0 amide bonds. The molecule has 0 fully saturated rings. The first-order chi connectivity index (χ1) is 11.6. The third-order valence-electron chi connectivity index (χ3n) is 4.90. The van der Waals surface area contributed by atoms with E-state index < -0.39 is 0 Å². The lowest BCUT2D eigenvalue weighted by molar-refractivity contribution is 0.713. The molecule has 5 heteroatoms. The molecule has 1 aliphatic carbocycles. The molecule has 2 heterocycles. The number of nitrogens with zero attached hydrogens (tertiary/aromatic N) is 2. The first kappa shape index (κ1) is 15.9. The van der Waals surface area contributed by atoms with Crippen LogP contribution >= 0.6 is 22.9 Å². The maximum Gasteiger partial charge on any atom is 0.225 e. The number of halogens is 1. The van der Waals surface area contributed by atoms with Crippen molar-refractivity contribution < 1.29 is 0 Å². The minimum absolute atomic E-state index is 0.312. The number of nitrogens with one attached hydrogen (secondary N) is 1. The van der Waals surface area contributed by atoms with Crippen molar-refractivity contribution in [1.29, 1.82) is 0 Å². The Kier molecular flexibility index (Phi) is 4.19. The predicted octanol–water partition coefficient (Wildman–Crippen LogP) is 5.97. The van der Waals surface area contributed by atoms with Crippen LogP contribution in [-0.4, -0.2) is 9.97 Å². The number of hydrogen-bond donors (Lipinski definition) is 1. The molecule has 0 radical (unpaired) electrons. The Bertz CT molecular complexity index is 917. The molecule has 0 saturated heterocycles. The second kappa shape index (κ2) is 6.34. The van der Waals surface area contributed by atoms with E-state index in [9.17, 15) is 0 Å². The SMILES string of the molecule is Cc1cccc(Nc2nc(Cl)nc3sc4c(c23)CCCCC4)c1C. The number of anilines is 2. The van der Waals surface area contributed by atoms with E-state index in [1.54, 1.807) is 11.3 Å². The Labute approximate surface area is 151 Å². The summed E-state index contributed by atoms with van der Waals surface area (Å²) in [5.74, 6) is 0.845. The molecule has 1 aliphatic rings. The predicted molar refractivity (Wildman–Crippen MR) is 103 cm³/mol. The summed E-state index contributed by atoms with van der Waals surface area (Å²) >= 11 is 7.99. The van der Waals surface area contributed by atoms with Crippen LogP contribution in [0.1, 0.15) is 40.8 Å². The van der Waals surface area contributed by atoms with Gasteiger partial charge in [-0.05, 0) is 73.9 Å². The molecule has 0 spiro atoms. The molecule has 124 valence electrons. The normalized spacial score (nSPS) is 14.5. The van der Waals surface area contributed by atoms with Gasteiger partial charge in [-0.2, -0.15) is 4.98 Å². The van der Waals surface area contributed by atoms with E-state index in [4.69, 9.17) is 11.6 Å². The lowest BCUT2D eigenvalue weighted by atomic mass is 10.1. The van der Waals surface area contributed by atoms with Crippen molar-refractivity contribution in [3.8, 4) is 0 Å². The van der Waals surface area contributed by atoms with Gasteiger partial charge in [-0.3, -0.25) is 0 Å². The number of benzene rings is 1. The molecule has 24 heavy (non-hydrogen) atoms. The minimum atomic E-state index is 0.312. The van der Waals surface area contributed by atoms with Crippen LogP contribution in [0, 0.1) is 13.8 Å². The van der Waals surface area contributed by atoms with Gasteiger partial charge in [0.05, 0.1) is 5.39 Å². The van der Waals surface area contributed by atoms with Crippen molar-refractivity contribution in [3.63, 3.8) is 0 Å². The molecular formula is C19H20ClN3S. The highest BCUT2D eigenvalue weighted by atomic mass is 35.5. The fourth-order valence-electron chi connectivity index (χ4n) is 3.41. The zero-order valence-electron chi connectivity index (χ0n) is 13.9. The Morgan fingerprint density at radius 3 is 2.79 bits per heavy atom. The maximum atomic E-state index is 6.20. The van der Waals surface area contributed by atoms with E-state index in [1.165, 1.54) is 46.2 Å². The monoisotopic (exact) mass is 357 g/mol. The maximum absolute atomic E-state index is 6.20. The van der Waals surface area contributed by atoms with Gasteiger partial charge in [0.25, 0.3) is 0 Å². The highest BCUT2D eigenvalue weighted by molar-refractivity contribution is 7.19. The number of rotatable bonds is 2. The fraction of sp³-hybridized carbons (Fsp3) is 0.368. The van der Waals surface area contributed by atoms with Crippen molar-refractivity contribution in [1.82, 2.24) is 9.97 Å². The molecule has 2 aromatic heterocycles. The molecule has 4 rings (SSSR count). The van der Waals surface area contributed by atoms with Gasteiger partial charge in [0.1, 0.15) is 10.6 Å². The van der Waals surface area contributed by atoms with Gasteiger partial charge in [0.2, 0.25) is 5.28 Å². The summed E-state index contributed by atoms with van der Waals surface area (Å²) in [6.45, 7) is 4.26. The molecule has 0 atom stereocenters. The summed E-state index contributed by atoms with van der Waals surface area (Å²) in [6.07, 6.45) is 6.07. The third-order valence-corrected chi connectivity index (χ3v) is 6.25. The quantitative estimate of drug-likeness (QED) is 0.453.